The van der Waals surface area contributed by atoms with E-state index in [2.05, 4.69) is 11.6 Å². The molecule has 2 aromatic carbocycles. The number of hydrogen-bond acceptors (Lipinski definition) is 4. The fraction of sp³-hybridized carbons (Fsp3) is 0.385. The van der Waals surface area contributed by atoms with Crippen molar-refractivity contribution in [1.29, 1.82) is 0 Å². The van der Waals surface area contributed by atoms with Crippen LogP contribution < -0.4 is 4.80 Å². The highest BCUT2D eigenvalue weighted by Gasteiger charge is 2.26. The summed E-state index contributed by atoms with van der Waals surface area (Å²) in [5.41, 5.74) is 2.49. The molecule has 0 unspecified atom stereocenters. The van der Waals surface area contributed by atoms with Crippen LogP contribution in [0.5, 0.6) is 0 Å². The van der Waals surface area contributed by atoms with Gasteiger partial charge in [-0.05, 0) is 54.7 Å². The van der Waals surface area contributed by atoms with Gasteiger partial charge < -0.3 is 4.57 Å². The van der Waals surface area contributed by atoms with Crippen LogP contribution in [0.4, 0.5) is 0 Å². The molecule has 1 aromatic heterocycles. The highest BCUT2D eigenvalue weighted by atomic mass is 32.2. The lowest BCUT2D eigenvalue weighted by Gasteiger charge is -2.25. The minimum atomic E-state index is -3.65. The number of para-hydroxylation sites is 1. The molecule has 0 N–H and O–H groups in total. The Labute approximate surface area is 206 Å². The van der Waals surface area contributed by atoms with Crippen molar-refractivity contribution in [2.24, 2.45) is 16.8 Å². The van der Waals surface area contributed by atoms with Crippen LogP contribution in [0.25, 0.3) is 10.2 Å². The minimum Gasteiger partial charge on any atom is -0.312 e. The largest absolute Gasteiger partial charge is 0.312 e. The first-order valence-corrected chi connectivity index (χ1v) is 13.7. The van der Waals surface area contributed by atoms with Gasteiger partial charge in [0.1, 0.15) is 0 Å². The van der Waals surface area contributed by atoms with E-state index in [9.17, 15) is 13.2 Å². The molecule has 0 aliphatic rings. The Bertz CT molecular complexity index is 1340. The second kappa shape index (κ2) is 10.8. The minimum absolute atomic E-state index is 0.185. The Hall–Kier alpha value is -2.55. The first kappa shape index (κ1) is 26.1. The first-order chi connectivity index (χ1) is 16.0. The fourth-order valence-corrected chi connectivity index (χ4v) is 6.73. The van der Waals surface area contributed by atoms with Gasteiger partial charge in [-0.15, -0.1) is 6.58 Å². The summed E-state index contributed by atoms with van der Waals surface area (Å²) in [4.78, 5) is 18.1. The molecule has 3 rings (SSSR count). The normalized spacial score (nSPS) is 12.9. The summed E-state index contributed by atoms with van der Waals surface area (Å²) >= 11 is 1.45. The highest BCUT2D eigenvalue weighted by molar-refractivity contribution is 7.89. The Kier molecular flexibility index (Phi) is 8.28. The Balaban J connectivity index is 1.95. The van der Waals surface area contributed by atoms with Crippen LogP contribution in [-0.4, -0.2) is 36.3 Å². The number of rotatable bonds is 9. The van der Waals surface area contributed by atoms with Crippen molar-refractivity contribution in [3.05, 3.63) is 71.0 Å². The van der Waals surface area contributed by atoms with Crippen molar-refractivity contribution >= 4 is 37.5 Å². The fourth-order valence-electron chi connectivity index (χ4n) is 3.85. The quantitative estimate of drug-likeness (QED) is 0.378. The maximum Gasteiger partial charge on any atom is 0.279 e. The Morgan fingerprint density at radius 1 is 1.09 bits per heavy atom. The molecule has 3 aromatic rings. The molecule has 0 spiro atoms. The number of carbonyl (C=O) groups excluding carboxylic acids is 1. The molecular weight excluding hydrogens is 466 g/mol. The van der Waals surface area contributed by atoms with E-state index in [0.29, 0.717) is 30.0 Å². The van der Waals surface area contributed by atoms with E-state index in [4.69, 9.17) is 0 Å². The monoisotopic (exact) mass is 499 g/mol. The van der Waals surface area contributed by atoms with Crippen molar-refractivity contribution in [3.8, 4) is 0 Å². The summed E-state index contributed by atoms with van der Waals surface area (Å²) in [5.74, 6) is 0.00736. The zero-order chi connectivity index (χ0) is 25.0. The van der Waals surface area contributed by atoms with Gasteiger partial charge in [0.25, 0.3) is 5.91 Å². The van der Waals surface area contributed by atoms with Gasteiger partial charge in [-0.2, -0.15) is 9.30 Å². The number of benzene rings is 2. The molecular formula is C26H33N3O3S2. The maximum absolute atomic E-state index is 13.2. The van der Waals surface area contributed by atoms with Gasteiger partial charge in [-0.3, -0.25) is 4.79 Å². The predicted octanol–water partition coefficient (Wildman–Crippen LogP) is 5.24. The van der Waals surface area contributed by atoms with Gasteiger partial charge in [0.15, 0.2) is 4.80 Å². The molecule has 0 fully saturated rings. The molecule has 34 heavy (non-hydrogen) atoms. The maximum atomic E-state index is 13.2. The van der Waals surface area contributed by atoms with Crippen LogP contribution >= 0.6 is 11.3 Å². The van der Waals surface area contributed by atoms with Crippen LogP contribution in [0.2, 0.25) is 0 Å². The Morgan fingerprint density at radius 2 is 1.71 bits per heavy atom. The van der Waals surface area contributed by atoms with Crippen molar-refractivity contribution in [3.63, 3.8) is 0 Å². The van der Waals surface area contributed by atoms with E-state index in [-0.39, 0.29) is 16.7 Å². The molecule has 0 bridgehead atoms. The van der Waals surface area contributed by atoms with Crippen LogP contribution in [0.3, 0.4) is 0 Å². The molecule has 1 heterocycles. The van der Waals surface area contributed by atoms with Crippen molar-refractivity contribution in [2.45, 2.75) is 46.1 Å². The lowest BCUT2D eigenvalue weighted by Crippen LogP contribution is -2.37. The van der Waals surface area contributed by atoms with Crippen molar-refractivity contribution < 1.29 is 13.2 Å². The predicted molar refractivity (Wildman–Crippen MR) is 140 cm³/mol. The standard InChI is InChI=1S/C26H33N3O3S2/c1-7-15-29-24-20(6)9-8-10-23(24)33-26(29)27-25(30)21-11-13-22(14-12-21)34(31,32)28(16-18(2)3)17-19(4)5/h7-14,18-19H,1,15-17H2,2-6H3. The molecule has 0 saturated carbocycles. The SMILES string of the molecule is C=CCn1c(=NC(=O)c2ccc(S(=O)(=O)N(CC(C)C)CC(C)C)cc2)sc2cccc(C)c21. The molecule has 6 nitrogen and oxygen atoms in total. The van der Waals surface area contributed by atoms with E-state index in [1.54, 1.807) is 6.08 Å². The summed E-state index contributed by atoms with van der Waals surface area (Å²) in [6.07, 6.45) is 1.78. The molecule has 0 saturated heterocycles. The summed E-state index contributed by atoms with van der Waals surface area (Å²) < 4.78 is 31.0. The lowest BCUT2D eigenvalue weighted by molar-refractivity contribution is 0.0997. The van der Waals surface area contributed by atoms with E-state index in [0.717, 1.165) is 15.8 Å². The average Bonchev–Trinajstić information content (AvgIpc) is 3.11. The number of hydrogen-bond donors (Lipinski definition) is 0. The third-order valence-electron chi connectivity index (χ3n) is 5.29. The Morgan fingerprint density at radius 3 is 2.26 bits per heavy atom. The number of fused-ring (bicyclic) bond motifs is 1. The van der Waals surface area contributed by atoms with E-state index >= 15 is 0 Å². The number of sulfonamides is 1. The number of aryl methyl sites for hydroxylation is 1. The number of nitrogens with zero attached hydrogens (tertiary/aromatic N) is 3. The number of carbonyl (C=O) groups is 1. The van der Waals surface area contributed by atoms with E-state index in [1.165, 1.54) is 39.9 Å². The highest BCUT2D eigenvalue weighted by Crippen LogP contribution is 2.22. The van der Waals surface area contributed by atoms with Gasteiger partial charge in [0.2, 0.25) is 10.0 Å². The molecule has 182 valence electrons. The molecule has 8 heteroatoms. The van der Waals surface area contributed by atoms with Crippen LogP contribution in [-0.2, 0) is 16.6 Å². The zero-order valence-electron chi connectivity index (χ0n) is 20.5. The molecule has 0 atom stereocenters. The average molecular weight is 500 g/mol. The van der Waals surface area contributed by atoms with Gasteiger partial charge in [-0.25, -0.2) is 8.42 Å². The number of aromatic nitrogens is 1. The van der Waals surface area contributed by atoms with Crippen LogP contribution in [0.1, 0.15) is 43.6 Å². The topological polar surface area (TPSA) is 71.7 Å². The molecule has 0 aliphatic carbocycles. The third kappa shape index (κ3) is 5.74. The van der Waals surface area contributed by atoms with Gasteiger partial charge in [0, 0.05) is 25.2 Å². The van der Waals surface area contributed by atoms with E-state index in [1.807, 2.05) is 57.4 Å². The summed E-state index contributed by atoms with van der Waals surface area (Å²) in [5, 5.41) is 0. The van der Waals surface area contributed by atoms with Gasteiger partial charge >= 0.3 is 0 Å². The summed E-state index contributed by atoms with van der Waals surface area (Å²) in [6, 6.07) is 12.1. The van der Waals surface area contributed by atoms with Gasteiger partial charge in [-0.1, -0.05) is 57.2 Å². The molecule has 0 aliphatic heterocycles. The van der Waals surface area contributed by atoms with Crippen molar-refractivity contribution in [2.75, 3.05) is 13.1 Å². The van der Waals surface area contributed by atoms with Crippen LogP contribution in [0.15, 0.2) is 65.0 Å². The second-order valence-electron chi connectivity index (χ2n) is 9.26. The van der Waals surface area contributed by atoms with Crippen LogP contribution in [0, 0.1) is 18.8 Å². The summed E-state index contributed by atoms with van der Waals surface area (Å²) in [6.45, 7) is 15.3. The smallest absolute Gasteiger partial charge is 0.279 e. The van der Waals surface area contributed by atoms with E-state index < -0.39 is 15.9 Å². The zero-order valence-corrected chi connectivity index (χ0v) is 22.1. The van der Waals surface area contributed by atoms with Crippen molar-refractivity contribution in [1.82, 2.24) is 8.87 Å². The third-order valence-corrected chi connectivity index (χ3v) is 8.18. The number of allylic oxidation sites excluding steroid dienone is 1. The second-order valence-corrected chi connectivity index (χ2v) is 12.2. The number of amides is 1. The van der Waals surface area contributed by atoms with Gasteiger partial charge in [0.05, 0.1) is 15.1 Å². The lowest BCUT2D eigenvalue weighted by atomic mass is 10.2. The molecule has 0 radical (unpaired) electrons. The molecule has 1 amide bonds. The summed E-state index contributed by atoms with van der Waals surface area (Å²) in [7, 11) is -3.65. The first-order valence-electron chi connectivity index (χ1n) is 11.4. The number of thiazole rings is 1.